The standard InChI is InChI=1S/C22H29F3N6/c1-2-27-19-15-31(20-7-6-16(14-28-20)22(23,24)25)9-8-18(19)21(26)30-12-10-29(11-13-30)17-4-3-5-17/h2,6-7,14,17H,1,3-5,8-13,15,26H2/b21-18+,27-19-. The van der Waals surface area contributed by atoms with Crippen molar-refractivity contribution in [3.8, 4) is 0 Å². The SMILES string of the molecule is C=C/N=C1/CN(c2ccc(C(F)(F)F)cn2)CC/C1=C(/N)N1CCN(C2CCC2)CC1. The molecule has 1 saturated carbocycles. The zero-order valence-corrected chi connectivity index (χ0v) is 17.6. The number of piperidine rings is 1. The molecular weight excluding hydrogens is 405 g/mol. The molecule has 4 rings (SSSR count). The molecule has 0 spiro atoms. The summed E-state index contributed by atoms with van der Waals surface area (Å²) >= 11 is 0. The molecule has 1 aromatic heterocycles. The molecule has 0 atom stereocenters. The second kappa shape index (κ2) is 8.90. The second-order valence-corrected chi connectivity index (χ2v) is 8.30. The minimum absolute atomic E-state index is 0.433. The maximum Gasteiger partial charge on any atom is 0.417 e. The van der Waals surface area contributed by atoms with Crippen LogP contribution in [0, 0.1) is 0 Å². The van der Waals surface area contributed by atoms with Crippen LogP contribution in [0.15, 0.2) is 47.5 Å². The number of aliphatic imine (C=N–C) groups is 1. The van der Waals surface area contributed by atoms with E-state index in [1.807, 2.05) is 4.90 Å². The van der Waals surface area contributed by atoms with Gasteiger partial charge in [0.2, 0.25) is 0 Å². The van der Waals surface area contributed by atoms with E-state index in [1.54, 1.807) is 0 Å². The van der Waals surface area contributed by atoms with Gasteiger partial charge in [-0.2, -0.15) is 13.2 Å². The van der Waals surface area contributed by atoms with Gasteiger partial charge in [0, 0.05) is 56.7 Å². The lowest BCUT2D eigenvalue weighted by molar-refractivity contribution is -0.137. The van der Waals surface area contributed by atoms with Crippen molar-refractivity contribution in [2.45, 2.75) is 37.9 Å². The van der Waals surface area contributed by atoms with Crippen molar-refractivity contribution in [2.24, 2.45) is 10.7 Å². The Bertz CT molecular complexity index is 849. The van der Waals surface area contributed by atoms with E-state index in [0.717, 1.165) is 61.6 Å². The molecule has 1 aliphatic carbocycles. The van der Waals surface area contributed by atoms with Gasteiger partial charge < -0.3 is 15.5 Å². The van der Waals surface area contributed by atoms with Gasteiger partial charge in [-0.1, -0.05) is 13.0 Å². The molecule has 2 N–H and O–H groups in total. The quantitative estimate of drug-likeness (QED) is 0.789. The van der Waals surface area contributed by atoms with Crippen LogP contribution in [0.3, 0.4) is 0 Å². The zero-order chi connectivity index (χ0) is 22.0. The van der Waals surface area contributed by atoms with E-state index in [1.165, 1.54) is 31.5 Å². The highest BCUT2D eigenvalue weighted by Gasteiger charge is 2.32. The first kappa shape index (κ1) is 21.7. The van der Waals surface area contributed by atoms with E-state index in [4.69, 9.17) is 5.73 Å². The first-order valence-electron chi connectivity index (χ1n) is 10.8. The number of anilines is 1. The smallest absolute Gasteiger partial charge is 0.385 e. The minimum Gasteiger partial charge on any atom is -0.385 e. The number of hydrogen-bond acceptors (Lipinski definition) is 6. The van der Waals surface area contributed by atoms with Gasteiger partial charge in [0.05, 0.1) is 17.8 Å². The molecule has 3 fully saturated rings. The Balaban J connectivity index is 1.45. The normalized spacial score (nSPS) is 24.3. The minimum atomic E-state index is -4.39. The van der Waals surface area contributed by atoms with Crippen molar-refractivity contribution in [2.75, 3.05) is 44.2 Å². The lowest BCUT2D eigenvalue weighted by Gasteiger charge is -2.44. The maximum atomic E-state index is 12.8. The molecule has 3 aliphatic rings. The lowest BCUT2D eigenvalue weighted by atomic mass is 9.91. The summed E-state index contributed by atoms with van der Waals surface area (Å²) in [6, 6.07) is 3.22. The lowest BCUT2D eigenvalue weighted by Crippen LogP contribution is -2.53. The van der Waals surface area contributed by atoms with Crippen LogP contribution in [0.1, 0.15) is 31.2 Å². The molecule has 0 bridgehead atoms. The summed E-state index contributed by atoms with van der Waals surface area (Å²) in [7, 11) is 0. The van der Waals surface area contributed by atoms with E-state index in [2.05, 4.69) is 26.4 Å². The second-order valence-electron chi connectivity index (χ2n) is 8.30. The number of halogens is 3. The van der Waals surface area contributed by atoms with Crippen LogP contribution < -0.4 is 10.6 Å². The van der Waals surface area contributed by atoms with Gasteiger partial charge >= 0.3 is 6.18 Å². The van der Waals surface area contributed by atoms with Crippen molar-refractivity contribution in [3.05, 3.63) is 48.1 Å². The van der Waals surface area contributed by atoms with Crippen molar-refractivity contribution in [3.63, 3.8) is 0 Å². The highest BCUT2D eigenvalue weighted by atomic mass is 19.4. The molecule has 31 heavy (non-hydrogen) atoms. The summed E-state index contributed by atoms with van der Waals surface area (Å²) < 4.78 is 38.5. The van der Waals surface area contributed by atoms with Gasteiger partial charge in [-0.05, 0) is 31.4 Å². The Kier molecular flexibility index (Phi) is 6.22. The van der Waals surface area contributed by atoms with Crippen LogP contribution in [0.2, 0.25) is 0 Å². The van der Waals surface area contributed by atoms with E-state index in [9.17, 15) is 13.2 Å². The van der Waals surface area contributed by atoms with Crippen molar-refractivity contribution in [1.29, 1.82) is 0 Å². The fourth-order valence-corrected chi connectivity index (χ4v) is 4.46. The Morgan fingerprint density at radius 2 is 1.90 bits per heavy atom. The highest BCUT2D eigenvalue weighted by molar-refractivity contribution is 6.05. The largest absolute Gasteiger partial charge is 0.417 e. The number of aromatic nitrogens is 1. The molecular formula is C22H29F3N6. The summed E-state index contributed by atoms with van der Waals surface area (Å²) in [4.78, 5) is 15.2. The molecule has 6 nitrogen and oxygen atoms in total. The number of piperazine rings is 1. The van der Waals surface area contributed by atoms with Crippen LogP contribution >= 0.6 is 0 Å². The Labute approximate surface area is 180 Å². The monoisotopic (exact) mass is 434 g/mol. The predicted octanol–water partition coefficient (Wildman–Crippen LogP) is 3.24. The average molecular weight is 435 g/mol. The van der Waals surface area contributed by atoms with E-state index < -0.39 is 11.7 Å². The molecule has 2 saturated heterocycles. The summed E-state index contributed by atoms with van der Waals surface area (Å²) in [5.74, 6) is 1.25. The molecule has 0 radical (unpaired) electrons. The molecule has 2 aliphatic heterocycles. The van der Waals surface area contributed by atoms with E-state index >= 15 is 0 Å². The van der Waals surface area contributed by atoms with Crippen molar-refractivity contribution >= 4 is 11.5 Å². The van der Waals surface area contributed by atoms with Gasteiger partial charge in [0.25, 0.3) is 0 Å². The third-order valence-electron chi connectivity index (χ3n) is 6.52. The van der Waals surface area contributed by atoms with Crippen molar-refractivity contribution in [1.82, 2.24) is 14.8 Å². The third-order valence-corrected chi connectivity index (χ3v) is 6.52. The van der Waals surface area contributed by atoms with Crippen LogP contribution in [-0.2, 0) is 6.18 Å². The fourth-order valence-electron chi connectivity index (χ4n) is 4.46. The predicted molar refractivity (Wildman–Crippen MR) is 116 cm³/mol. The number of pyridine rings is 1. The van der Waals surface area contributed by atoms with Crippen LogP contribution in [0.25, 0.3) is 0 Å². The topological polar surface area (TPSA) is 61.0 Å². The van der Waals surface area contributed by atoms with Gasteiger partial charge in [-0.25, -0.2) is 4.98 Å². The highest BCUT2D eigenvalue weighted by Crippen LogP contribution is 2.30. The van der Waals surface area contributed by atoms with E-state index in [0.29, 0.717) is 25.3 Å². The van der Waals surface area contributed by atoms with E-state index in [-0.39, 0.29) is 0 Å². The Hall–Kier alpha value is -2.55. The summed E-state index contributed by atoms with van der Waals surface area (Å²) in [6.07, 6.45) is 2.57. The first-order chi connectivity index (χ1) is 14.9. The van der Waals surface area contributed by atoms with Gasteiger partial charge in [-0.15, -0.1) is 0 Å². The Morgan fingerprint density at radius 3 is 2.45 bits per heavy atom. The van der Waals surface area contributed by atoms with Crippen LogP contribution in [0.5, 0.6) is 0 Å². The Morgan fingerprint density at radius 1 is 1.16 bits per heavy atom. The molecule has 0 amide bonds. The summed E-state index contributed by atoms with van der Waals surface area (Å²) in [5, 5.41) is 0. The molecule has 168 valence electrons. The molecule has 9 heteroatoms. The molecule has 3 heterocycles. The number of alkyl halides is 3. The number of nitrogens with zero attached hydrogens (tertiary/aromatic N) is 5. The van der Waals surface area contributed by atoms with Crippen LogP contribution in [-0.4, -0.2) is 65.8 Å². The third kappa shape index (κ3) is 4.71. The molecule has 1 aromatic rings. The van der Waals surface area contributed by atoms with Gasteiger partial charge in [0.1, 0.15) is 11.6 Å². The summed E-state index contributed by atoms with van der Waals surface area (Å²) in [5.41, 5.74) is 7.62. The van der Waals surface area contributed by atoms with Crippen molar-refractivity contribution < 1.29 is 13.2 Å². The van der Waals surface area contributed by atoms with Crippen LogP contribution in [0.4, 0.5) is 19.0 Å². The maximum absolute atomic E-state index is 12.8. The number of nitrogens with two attached hydrogens (primary N) is 1. The first-order valence-corrected chi connectivity index (χ1v) is 10.8. The fraction of sp³-hybridized carbons (Fsp3) is 0.545. The van der Waals surface area contributed by atoms with Gasteiger partial charge in [-0.3, -0.25) is 9.89 Å². The molecule has 0 unspecified atom stereocenters. The zero-order valence-electron chi connectivity index (χ0n) is 17.6. The number of rotatable bonds is 4. The summed E-state index contributed by atoms with van der Waals surface area (Å²) in [6.45, 7) is 8.61. The average Bonchev–Trinajstić information content (AvgIpc) is 2.72. The number of hydrogen-bond donors (Lipinski definition) is 1. The van der Waals surface area contributed by atoms with Gasteiger partial charge in [0.15, 0.2) is 0 Å². The molecule has 0 aromatic carbocycles.